The number of hydrogen-bond donors (Lipinski definition) is 1. The van der Waals surface area contributed by atoms with Crippen LogP contribution in [0.5, 0.6) is 0 Å². The second-order valence-electron chi connectivity index (χ2n) is 4.69. The van der Waals surface area contributed by atoms with E-state index in [0.717, 1.165) is 24.5 Å². The van der Waals surface area contributed by atoms with Gasteiger partial charge in [0.25, 0.3) is 0 Å². The highest BCUT2D eigenvalue weighted by Crippen LogP contribution is 2.38. The normalized spacial score (nSPS) is 16.3. The Bertz CT molecular complexity index is 447. The molecule has 0 amide bonds. The van der Waals surface area contributed by atoms with Gasteiger partial charge in [0.15, 0.2) is 0 Å². The molecule has 0 radical (unpaired) electrons. The van der Waals surface area contributed by atoms with Crippen LogP contribution >= 0.6 is 0 Å². The van der Waals surface area contributed by atoms with E-state index in [1.54, 1.807) is 6.07 Å². The van der Waals surface area contributed by atoms with Gasteiger partial charge in [0.2, 0.25) is 0 Å². The molecule has 5 heteroatoms. The van der Waals surface area contributed by atoms with Crippen LogP contribution in [0.4, 0.5) is 11.6 Å². The van der Waals surface area contributed by atoms with E-state index < -0.39 is 0 Å². The molecule has 0 bridgehead atoms. The minimum absolute atomic E-state index is 0.0273. The van der Waals surface area contributed by atoms with E-state index in [1.807, 2.05) is 18.9 Å². The minimum Gasteiger partial charge on any atom is -0.384 e. The SMILES string of the molecule is CC(C#N)CN(C)c1cc(N)nc(C2CC2)n1. The van der Waals surface area contributed by atoms with Crippen molar-refractivity contribution in [1.29, 1.82) is 5.26 Å². The molecular weight excluding hydrogens is 214 g/mol. The number of nitrogen functional groups attached to an aromatic ring is 1. The second-order valence-corrected chi connectivity index (χ2v) is 4.69. The molecule has 1 saturated carbocycles. The van der Waals surface area contributed by atoms with Crippen LogP contribution in [0.3, 0.4) is 0 Å². The Kier molecular flexibility index (Phi) is 3.14. The molecule has 1 fully saturated rings. The van der Waals surface area contributed by atoms with Gasteiger partial charge in [-0.1, -0.05) is 0 Å². The summed E-state index contributed by atoms with van der Waals surface area (Å²) < 4.78 is 0. The first kappa shape index (κ1) is 11.6. The lowest BCUT2D eigenvalue weighted by atomic mass is 10.2. The third-order valence-electron chi connectivity index (χ3n) is 2.85. The molecule has 1 aromatic rings. The summed E-state index contributed by atoms with van der Waals surface area (Å²) in [5, 5.41) is 8.80. The average molecular weight is 231 g/mol. The zero-order valence-electron chi connectivity index (χ0n) is 10.2. The maximum absolute atomic E-state index is 8.80. The minimum atomic E-state index is -0.0273. The lowest BCUT2D eigenvalue weighted by Crippen LogP contribution is -2.24. The molecule has 0 aliphatic heterocycles. The number of nitrogens with two attached hydrogens (primary N) is 1. The highest BCUT2D eigenvalue weighted by molar-refractivity contribution is 5.47. The standard InChI is InChI=1S/C12H17N5/c1-8(6-13)7-17(2)11-5-10(14)15-12(16-11)9-3-4-9/h5,8-9H,3-4,7H2,1-2H3,(H2,14,15,16). The van der Waals surface area contributed by atoms with E-state index in [-0.39, 0.29) is 5.92 Å². The van der Waals surface area contributed by atoms with Crippen molar-refractivity contribution in [2.75, 3.05) is 24.2 Å². The fraction of sp³-hybridized carbons (Fsp3) is 0.583. The zero-order chi connectivity index (χ0) is 12.4. The fourth-order valence-electron chi connectivity index (χ4n) is 1.74. The largest absolute Gasteiger partial charge is 0.384 e. The quantitative estimate of drug-likeness (QED) is 0.850. The van der Waals surface area contributed by atoms with Crippen molar-refractivity contribution in [3.05, 3.63) is 11.9 Å². The number of nitriles is 1. The van der Waals surface area contributed by atoms with Crippen molar-refractivity contribution in [2.24, 2.45) is 5.92 Å². The second kappa shape index (κ2) is 4.58. The van der Waals surface area contributed by atoms with Crippen molar-refractivity contribution >= 4 is 11.6 Å². The Morgan fingerprint density at radius 3 is 2.88 bits per heavy atom. The molecule has 17 heavy (non-hydrogen) atoms. The van der Waals surface area contributed by atoms with Crippen LogP contribution in [0, 0.1) is 17.2 Å². The van der Waals surface area contributed by atoms with Gasteiger partial charge in [-0.2, -0.15) is 5.26 Å². The van der Waals surface area contributed by atoms with Crippen LogP contribution in [0.15, 0.2) is 6.07 Å². The highest BCUT2D eigenvalue weighted by Gasteiger charge is 2.27. The van der Waals surface area contributed by atoms with Gasteiger partial charge in [0.1, 0.15) is 17.5 Å². The van der Waals surface area contributed by atoms with Crippen LogP contribution in [0.25, 0.3) is 0 Å². The first-order chi connectivity index (χ1) is 8.10. The number of aromatic nitrogens is 2. The lowest BCUT2D eigenvalue weighted by molar-refractivity contribution is 0.706. The maximum atomic E-state index is 8.80. The Balaban J connectivity index is 2.16. The van der Waals surface area contributed by atoms with Crippen molar-refractivity contribution in [3.8, 4) is 6.07 Å². The maximum Gasteiger partial charge on any atom is 0.136 e. The summed E-state index contributed by atoms with van der Waals surface area (Å²) in [5.41, 5.74) is 5.78. The number of hydrogen-bond acceptors (Lipinski definition) is 5. The molecule has 0 spiro atoms. The van der Waals surface area contributed by atoms with E-state index in [0.29, 0.717) is 18.3 Å². The molecule has 0 saturated heterocycles. The Hall–Kier alpha value is -1.83. The molecule has 1 heterocycles. The summed E-state index contributed by atoms with van der Waals surface area (Å²) in [7, 11) is 1.92. The van der Waals surface area contributed by atoms with Crippen LogP contribution in [0.2, 0.25) is 0 Å². The smallest absolute Gasteiger partial charge is 0.136 e. The first-order valence-electron chi connectivity index (χ1n) is 5.85. The van der Waals surface area contributed by atoms with Crippen LogP contribution < -0.4 is 10.6 Å². The van der Waals surface area contributed by atoms with E-state index >= 15 is 0 Å². The van der Waals surface area contributed by atoms with Gasteiger partial charge in [-0.25, -0.2) is 9.97 Å². The average Bonchev–Trinajstić information content (AvgIpc) is 3.11. The van der Waals surface area contributed by atoms with Gasteiger partial charge < -0.3 is 10.6 Å². The topological polar surface area (TPSA) is 78.8 Å². The zero-order valence-corrected chi connectivity index (χ0v) is 10.2. The van der Waals surface area contributed by atoms with Gasteiger partial charge in [-0.05, 0) is 19.8 Å². The summed E-state index contributed by atoms with van der Waals surface area (Å²) in [5.74, 6) is 2.62. The Morgan fingerprint density at radius 2 is 2.29 bits per heavy atom. The van der Waals surface area contributed by atoms with Crippen molar-refractivity contribution in [2.45, 2.75) is 25.7 Å². The molecule has 2 rings (SSSR count). The number of rotatable bonds is 4. The summed E-state index contributed by atoms with van der Waals surface area (Å²) in [6.45, 7) is 2.54. The Morgan fingerprint density at radius 1 is 1.59 bits per heavy atom. The van der Waals surface area contributed by atoms with Crippen molar-refractivity contribution < 1.29 is 0 Å². The number of anilines is 2. The molecule has 1 aliphatic rings. The van der Waals surface area contributed by atoms with Crippen LogP contribution in [-0.2, 0) is 0 Å². The summed E-state index contributed by atoms with van der Waals surface area (Å²) in [6.07, 6.45) is 2.31. The third kappa shape index (κ3) is 2.84. The molecule has 1 atom stereocenters. The molecule has 1 aliphatic carbocycles. The predicted octanol–water partition coefficient (Wildman–Crippen LogP) is 1.53. The fourth-order valence-corrected chi connectivity index (χ4v) is 1.74. The van der Waals surface area contributed by atoms with Crippen molar-refractivity contribution in [1.82, 2.24) is 9.97 Å². The molecule has 1 aromatic heterocycles. The predicted molar refractivity (Wildman–Crippen MR) is 66.5 cm³/mol. The molecule has 1 unspecified atom stereocenters. The molecule has 5 nitrogen and oxygen atoms in total. The van der Waals surface area contributed by atoms with Gasteiger partial charge in [0.05, 0.1) is 12.0 Å². The van der Waals surface area contributed by atoms with Crippen LogP contribution in [-0.4, -0.2) is 23.6 Å². The highest BCUT2D eigenvalue weighted by atomic mass is 15.2. The molecule has 2 N–H and O–H groups in total. The van der Waals surface area contributed by atoms with E-state index in [4.69, 9.17) is 11.0 Å². The Labute approximate surface area is 101 Å². The van der Waals surface area contributed by atoms with Gasteiger partial charge in [-0.15, -0.1) is 0 Å². The summed E-state index contributed by atoms with van der Waals surface area (Å²) >= 11 is 0. The monoisotopic (exact) mass is 231 g/mol. The van der Waals surface area contributed by atoms with E-state index in [9.17, 15) is 0 Å². The van der Waals surface area contributed by atoms with Gasteiger partial charge in [-0.3, -0.25) is 0 Å². The lowest BCUT2D eigenvalue weighted by Gasteiger charge is -2.20. The van der Waals surface area contributed by atoms with E-state index in [2.05, 4.69) is 16.0 Å². The first-order valence-corrected chi connectivity index (χ1v) is 5.85. The van der Waals surface area contributed by atoms with Crippen molar-refractivity contribution in [3.63, 3.8) is 0 Å². The van der Waals surface area contributed by atoms with Gasteiger partial charge in [0, 0.05) is 25.6 Å². The third-order valence-corrected chi connectivity index (χ3v) is 2.85. The summed E-state index contributed by atoms with van der Waals surface area (Å²) in [4.78, 5) is 10.7. The van der Waals surface area contributed by atoms with E-state index in [1.165, 1.54) is 0 Å². The number of nitrogens with zero attached hydrogens (tertiary/aromatic N) is 4. The summed E-state index contributed by atoms with van der Waals surface area (Å²) in [6, 6.07) is 3.97. The van der Waals surface area contributed by atoms with Gasteiger partial charge >= 0.3 is 0 Å². The van der Waals surface area contributed by atoms with Crippen LogP contribution in [0.1, 0.15) is 31.5 Å². The molecular formula is C12H17N5. The molecule has 0 aromatic carbocycles. The molecule has 90 valence electrons.